The molecule has 0 aliphatic heterocycles. The summed E-state index contributed by atoms with van der Waals surface area (Å²) in [6, 6.07) is 3.31. The molecular weight excluding hydrogens is 224 g/mol. The third-order valence-corrected chi connectivity index (χ3v) is 2.70. The third-order valence-electron chi connectivity index (χ3n) is 2.70. The first-order valence-corrected chi connectivity index (χ1v) is 5.21. The van der Waals surface area contributed by atoms with Crippen LogP contribution in [0.2, 0.25) is 0 Å². The summed E-state index contributed by atoms with van der Waals surface area (Å²) >= 11 is 0. The van der Waals surface area contributed by atoms with Crippen molar-refractivity contribution in [1.29, 1.82) is 0 Å². The maximum Gasteiger partial charge on any atom is 0.146 e. The molecule has 0 fully saturated rings. The second-order valence-corrected chi connectivity index (χ2v) is 3.92. The van der Waals surface area contributed by atoms with E-state index in [1.807, 2.05) is 13.8 Å². The van der Waals surface area contributed by atoms with Crippen molar-refractivity contribution in [3.8, 4) is 0 Å². The van der Waals surface area contributed by atoms with E-state index in [4.69, 9.17) is 0 Å². The molecule has 0 saturated heterocycles. The number of anilines is 2. The van der Waals surface area contributed by atoms with Gasteiger partial charge in [-0.15, -0.1) is 0 Å². The van der Waals surface area contributed by atoms with Crippen LogP contribution < -0.4 is 5.32 Å². The number of nitrogens with zero attached hydrogens (tertiary/aromatic N) is 2. The van der Waals surface area contributed by atoms with Gasteiger partial charge in [0.1, 0.15) is 11.6 Å². The van der Waals surface area contributed by atoms with Crippen LogP contribution in [-0.4, -0.2) is 9.78 Å². The van der Waals surface area contributed by atoms with Gasteiger partial charge >= 0.3 is 0 Å². The Balaban J connectivity index is 2.41. The number of aromatic nitrogens is 2. The number of hydrogen-bond acceptors (Lipinski definition) is 2. The van der Waals surface area contributed by atoms with Gasteiger partial charge in [-0.05, 0) is 26.0 Å². The van der Waals surface area contributed by atoms with Crippen molar-refractivity contribution < 1.29 is 8.78 Å². The maximum absolute atomic E-state index is 13.5. The molecule has 0 saturated carbocycles. The molecule has 3 nitrogen and oxygen atoms in total. The Bertz CT molecular complexity index is 561. The van der Waals surface area contributed by atoms with Crippen LogP contribution in [0.5, 0.6) is 0 Å². The van der Waals surface area contributed by atoms with E-state index in [1.165, 1.54) is 0 Å². The summed E-state index contributed by atoms with van der Waals surface area (Å²) in [4.78, 5) is 0. The normalized spacial score (nSPS) is 10.6. The Hall–Kier alpha value is -1.91. The zero-order valence-corrected chi connectivity index (χ0v) is 9.88. The Labute approximate surface area is 98.1 Å². The standard InChI is InChI=1S/C12H13F2N3/c1-7-12(8(2)17(3)16-7)15-11-6-9(13)4-5-10(11)14/h4-6,15H,1-3H3. The van der Waals surface area contributed by atoms with Crippen LogP contribution in [0.3, 0.4) is 0 Å². The van der Waals surface area contributed by atoms with Crippen molar-refractivity contribution in [3.05, 3.63) is 41.2 Å². The summed E-state index contributed by atoms with van der Waals surface area (Å²) in [5.41, 5.74) is 2.43. The highest BCUT2D eigenvalue weighted by Crippen LogP contribution is 2.25. The molecule has 0 aliphatic rings. The van der Waals surface area contributed by atoms with Gasteiger partial charge in [-0.25, -0.2) is 8.78 Å². The molecule has 0 spiro atoms. The Morgan fingerprint density at radius 3 is 2.53 bits per heavy atom. The highest BCUT2D eigenvalue weighted by Gasteiger charge is 2.11. The lowest BCUT2D eigenvalue weighted by Crippen LogP contribution is -1.98. The average Bonchev–Trinajstić information content (AvgIpc) is 2.50. The SMILES string of the molecule is Cc1nn(C)c(C)c1Nc1cc(F)ccc1F. The first-order valence-electron chi connectivity index (χ1n) is 5.21. The van der Waals surface area contributed by atoms with Crippen molar-refractivity contribution in [1.82, 2.24) is 9.78 Å². The second-order valence-electron chi connectivity index (χ2n) is 3.92. The fourth-order valence-electron chi connectivity index (χ4n) is 1.68. The Morgan fingerprint density at radius 2 is 1.94 bits per heavy atom. The summed E-state index contributed by atoms with van der Waals surface area (Å²) in [6.45, 7) is 3.67. The van der Waals surface area contributed by atoms with Gasteiger partial charge in [0.15, 0.2) is 0 Å². The fourth-order valence-corrected chi connectivity index (χ4v) is 1.68. The average molecular weight is 237 g/mol. The molecule has 0 radical (unpaired) electrons. The van der Waals surface area contributed by atoms with E-state index in [0.29, 0.717) is 5.69 Å². The first-order chi connectivity index (χ1) is 7.99. The molecule has 0 unspecified atom stereocenters. The summed E-state index contributed by atoms with van der Waals surface area (Å²) in [6.07, 6.45) is 0. The van der Waals surface area contributed by atoms with Crippen LogP contribution in [0.1, 0.15) is 11.4 Å². The summed E-state index contributed by atoms with van der Waals surface area (Å²) in [5, 5.41) is 7.07. The largest absolute Gasteiger partial charge is 0.350 e. The van der Waals surface area contributed by atoms with Gasteiger partial charge in [0.05, 0.1) is 22.8 Å². The molecule has 0 amide bonds. The summed E-state index contributed by atoms with van der Waals surface area (Å²) < 4.78 is 28.2. The van der Waals surface area contributed by atoms with E-state index in [9.17, 15) is 8.78 Å². The van der Waals surface area contributed by atoms with E-state index in [2.05, 4.69) is 10.4 Å². The number of halogens is 2. The fraction of sp³-hybridized carbons (Fsp3) is 0.250. The van der Waals surface area contributed by atoms with Crippen LogP contribution in [0.25, 0.3) is 0 Å². The molecule has 90 valence electrons. The molecule has 0 aliphatic carbocycles. The number of aryl methyl sites for hydroxylation is 2. The van der Waals surface area contributed by atoms with E-state index in [-0.39, 0.29) is 5.69 Å². The molecule has 2 rings (SSSR count). The lowest BCUT2D eigenvalue weighted by molar-refractivity contribution is 0.603. The second kappa shape index (κ2) is 4.16. The Morgan fingerprint density at radius 1 is 1.24 bits per heavy atom. The van der Waals surface area contributed by atoms with Crippen molar-refractivity contribution in [2.75, 3.05) is 5.32 Å². The zero-order valence-electron chi connectivity index (χ0n) is 9.88. The smallest absolute Gasteiger partial charge is 0.146 e. The lowest BCUT2D eigenvalue weighted by Gasteiger charge is -2.08. The third kappa shape index (κ3) is 2.13. The number of nitrogens with one attached hydrogen (secondary N) is 1. The quantitative estimate of drug-likeness (QED) is 0.870. The molecule has 17 heavy (non-hydrogen) atoms. The number of rotatable bonds is 2. The first kappa shape index (κ1) is 11.6. The van der Waals surface area contributed by atoms with Crippen LogP contribution in [0, 0.1) is 25.5 Å². The van der Waals surface area contributed by atoms with Crippen molar-refractivity contribution in [3.63, 3.8) is 0 Å². The summed E-state index contributed by atoms with van der Waals surface area (Å²) in [5.74, 6) is -0.970. The molecule has 1 aromatic heterocycles. The van der Waals surface area contributed by atoms with Gasteiger partial charge in [0.25, 0.3) is 0 Å². The van der Waals surface area contributed by atoms with Crippen LogP contribution in [0.15, 0.2) is 18.2 Å². The number of hydrogen-bond donors (Lipinski definition) is 1. The molecule has 1 N–H and O–H groups in total. The van der Waals surface area contributed by atoms with Crippen molar-refractivity contribution >= 4 is 11.4 Å². The molecule has 1 heterocycles. The van der Waals surface area contributed by atoms with Gasteiger partial charge < -0.3 is 5.32 Å². The molecular formula is C12H13F2N3. The van der Waals surface area contributed by atoms with Gasteiger partial charge in [-0.2, -0.15) is 5.10 Å². The lowest BCUT2D eigenvalue weighted by atomic mass is 10.2. The van der Waals surface area contributed by atoms with Gasteiger partial charge in [-0.1, -0.05) is 0 Å². The monoisotopic (exact) mass is 237 g/mol. The minimum absolute atomic E-state index is 0.115. The topological polar surface area (TPSA) is 29.9 Å². The summed E-state index contributed by atoms with van der Waals surface area (Å²) in [7, 11) is 1.80. The van der Waals surface area contributed by atoms with Gasteiger partial charge in [0.2, 0.25) is 0 Å². The molecule has 2 aromatic rings. The maximum atomic E-state index is 13.5. The van der Waals surface area contributed by atoms with Crippen LogP contribution in [-0.2, 0) is 7.05 Å². The predicted octanol–water partition coefficient (Wildman–Crippen LogP) is 3.06. The minimum atomic E-state index is -0.492. The van der Waals surface area contributed by atoms with E-state index >= 15 is 0 Å². The molecule has 1 aromatic carbocycles. The van der Waals surface area contributed by atoms with Crippen LogP contribution in [0.4, 0.5) is 20.2 Å². The molecule has 0 bridgehead atoms. The zero-order chi connectivity index (χ0) is 12.6. The van der Waals surface area contributed by atoms with Crippen molar-refractivity contribution in [2.45, 2.75) is 13.8 Å². The Kier molecular flexibility index (Phi) is 2.83. The minimum Gasteiger partial charge on any atom is -0.350 e. The highest BCUT2D eigenvalue weighted by molar-refractivity contribution is 5.64. The number of benzene rings is 1. The highest BCUT2D eigenvalue weighted by atomic mass is 19.1. The molecule has 5 heteroatoms. The van der Waals surface area contributed by atoms with E-state index in [0.717, 1.165) is 29.6 Å². The van der Waals surface area contributed by atoms with E-state index < -0.39 is 11.6 Å². The predicted molar refractivity (Wildman–Crippen MR) is 62.3 cm³/mol. The van der Waals surface area contributed by atoms with Crippen LogP contribution >= 0.6 is 0 Å². The van der Waals surface area contributed by atoms with Gasteiger partial charge in [0, 0.05) is 13.1 Å². The van der Waals surface area contributed by atoms with E-state index in [1.54, 1.807) is 11.7 Å². The molecule has 0 atom stereocenters. The van der Waals surface area contributed by atoms with Crippen molar-refractivity contribution in [2.24, 2.45) is 7.05 Å². The van der Waals surface area contributed by atoms with Gasteiger partial charge in [-0.3, -0.25) is 4.68 Å².